The van der Waals surface area contributed by atoms with Crippen LogP contribution >= 0.6 is 0 Å². The molecule has 4 heteroatoms. The molecule has 0 aliphatic carbocycles. The number of carbonyl (C=O) groups excluding carboxylic acids is 1. The van der Waals surface area contributed by atoms with Crippen molar-refractivity contribution in [2.75, 3.05) is 6.61 Å². The Kier molecular flexibility index (Phi) is 11.1. The summed E-state index contributed by atoms with van der Waals surface area (Å²) in [5.41, 5.74) is 2.33. The van der Waals surface area contributed by atoms with Gasteiger partial charge in [0.2, 0.25) is 0 Å². The van der Waals surface area contributed by atoms with Gasteiger partial charge >= 0.3 is 5.97 Å². The number of unbranched alkanes of at least 4 members (excludes halogenated alkanes) is 1. The SMILES string of the molecule is CCCCC(CC)COC(=O)C(C#N)=C(c1ccccc1)c1ccccc1.[Zn]. The second-order valence-electron chi connectivity index (χ2n) is 6.61. The number of hydrogen-bond acceptors (Lipinski definition) is 3. The zero-order valence-electron chi connectivity index (χ0n) is 16.9. The van der Waals surface area contributed by atoms with Crippen LogP contribution in [0.1, 0.15) is 50.7 Å². The summed E-state index contributed by atoms with van der Waals surface area (Å²) in [6.45, 7) is 4.62. The Morgan fingerprint density at radius 1 is 1.00 bits per heavy atom. The van der Waals surface area contributed by atoms with E-state index in [-0.39, 0.29) is 25.1 Å². The quantitative estimate of drug-likeness (QED) is 0.221. The first-order valence-electron chi connectivity index (χ1n) is 9.63. The number of esters is 1. The summed E-state index contributed by atoms with van der Waals surface area (Å²) in [4.78, 5) is 12.8. The van der Waals surface area contributed by atoms with E-state index in [9.17, 15) is 10.1 Å². The Hall–Kier alpha value is -2.24. The van der Waals surface area contributed by atoms with Crippen molar-refractivity contribution < 1.29 is 29.0 Å². The van der Waals surface area contributed by atoms with E-state index in [0.29, 0.717) is 18.1 Å². The van der Waals surface area contributed by atoms with Crippen LogP contribution in [0.3, 0.4) is 0 Å². The van der Waals surface area contributed by atoms with E-state index < -0.39 is 5.97 Å². The van der Waals surface area contributed by atoms with Crippen LogP contribution in [0.25, 0.3) is 5.57 Å². The van der Waals surface area contributed by atoms with Crippen molar-refractivity contribution in [2.45, 2.75) is 39.5 Å². The Bertz CT molecular complexity index is 753. The van der Waals surface area contributed by atoms with E-state index in [4.69, 9.17) is 4.74 Å². The molecule has 2 aromatic rings. The predicted octanol–water partition coefficient (Wildman–Crippen LogP) is 5.77. The van der Waals surface area contributed by atoms with Gasteiger partial charge in [0.25, 0.3) is 0 Å². The van der Waals surface area contributed by atoms with Gasteiger partial charge in [-0.3, -0.25) is 0 Å². The van der Waals surface area contributed by atoms with Crippen molar-refractivity contribution in [2.24, 2.45) is 5.92 Å². The average Bonchev–Trinajstić information content (AvgIpc) is 2.73. The summed E-state index contributed by atoms with van der Waals surface area (Å²) in [6, 6.07) is 21.1. The second kappa shape index (κ2) is 13.0. The fourth-order valence-electron chi connectivity index (χ4n) is 3.03. The van der Waals surface area contributed by atoms with E-state index in [0.717, 1.165) is 36.8 Å². The van der Waals surface area contributed by atoms with E-state index in [1.54, 1.807) is 0 Å². The predicted molar refractivity (Wildman–Crippen MR) is 109 cm³/mol. The Balaban J connectivity index is 0.00000392. The van der Waals surface area contributed by atoms with E-state index in [1.165, 1.54) is 0 Å². The topological polar surface area (TPSA) is 50.1 Å². The third-order valence-electron chi connectivity index (χ3n) is 4.68. The fourth-order valence-corrected chi connectivity index (χ4v) is 3.03. The molecule has 1 atom stereocenters. The maximum absolute atomic E-state index is 12.8. The number of nitriles is 1. The minimum absolute atomic E-state index is 0. The molecular formula is C24H27NO2Zn. The molecule has 0 saturated carbocycles. The van der Waals surface area contributed by atoms with Gasteiger partial charge < -0.3 is 4.74 Å². The number of ether oxygens (including phenoxy) is 1. The molecular weight excluding hydrogens is 400 g/mol. The first-order chi connectivity index (χ1) is 13.2. The number of carbonyl (C=O) groups is 1. The minimum Gasteiger partial charge on any atom is -0.461 e. The van der Waals surface area contributed by atoms with Gasteiger partial charge in [-0.05, 0) is 23.5 Å². The van der Waals surface area contributed by atoms with Crippen LogP contribution < -0.4 is 0 Å². The van der Waals surface area contributed by atoms with Gasteiger partial charge in [-0.15, -0.1) is 0 Å². The maximum atomic E-state index is 12.8. The molecule has 0 amide bonds. The largest absolute Gasteiger partial charge is 0.461 e. The van der Waals surface area contributed by atoms with E-state index in [2.05, 4.69) is 19.9 Å². The summed E-state index contributed by atoms with van der Waals surface area (Å²) in [5, 5.41) is 9.74. The van der Waals surface area contributed by atoms with Gasteiger partial charge in [-0.1, -0.05) is 93.8 Å². The van der Waals surface area contributed by atoms with Crippen molar-refractivity contribution in [3.63, 3.8) is 0 Å². The van der Waals surface area contributed by atoms with Crippen LogP contribution in [-0.2, 0) is 29.0 Å². The zero-order chi connectivity index (χ0) is 19.5. The molecule has 0 N–H and O–H groups in total. The first-order valence-corrected chi connectivity index (χ1v) is 9.63. The van der Waals surface area contributed by atoms with Crippen LogP contribution in [-0.4, -0.2) is 12.6 Å². The van der Waals surface area contributed by atoms with Crippen molar-refractivity contribution in [3.8, 4) is 6.07 Å². The monoisotopic (exact) mass is 425 g/mol. The molecule has 0 heterocycles. The molecule has 2 aromatic carbocycles. The van der Waals surface area contributed by atoms with Crippen LogP contribution in [0, 0.1) is 17.2 Å². The molecule has 0 radical (unpaired) electrons. The minimum atomic E-state index is -0.546. The summed E-state index contributed by atoms with van der Waals surface area (Å²) >= 11 is 0. The molecule has 0 aromatic heterocycles. The second-order valence-corrected chi connectivity index (χ2v) is 6.61. The Labute approximate surface area is 181 Å². The number of benzene rings is 2. The fraction of sp³-hybridized carbons (Fsp3) is 0.333. The molecule has 0 aliphatic heterocycles. The molecule has 0 fully saturated rings. The molecule has 1 unspecified atom stereocenters. The van der Waals surface area contributed by atoms with Gasteiger partial charge in [0.1, 0.15) is 11.6 Å². The van der Waals surface area contributed by atoms with E-state index in [1.807, 2.05) is 60.7 Å². The van der Waals surface area contributed by atoms with Crippen LogP contribution in [0.5, 0.6) is 0 Å². The van der Waals surface area contributed by atoms with Crippen LogP contribution in [0.2, 0.25) is 0 Å². The number of rotatable bonds is 9. The van der Waals surface area contributed by atoms with Gasteiger partial charge in [-0.25, -0.2) is 4.79 Å². The molecule has 0 spiro atoms. The van der Waals surface area contributed by atoms with Gasteiger partial charge in [0, 0.05) is 25.1 Å². The Morgan fingerprint density at radius 3 is 1.96 bits per heavy atom. The summed E-state index contributed by atoms with van der Waals surface area (Å²) in [5.74, 6) is -0.208. The molecule has 28 heavy (non-hydrogen) atoms. The summed E-state index contributed by atoms with van der Waals surface area (Å²) in [6.07, 6.45) is 4.25. The molecule has 0 bridgehead atoms. The summed E-state index contributed by atoms with van der Waals surface area (Å²) < 4.78 is 5.55. The van der Waals surface area contributed by atoms with Crippen LogP contribution in [0.15, 0.2) is 66.2 Å². The molecule has 0 saturated heterocycles. The van der Waals surface area contributed by atoms with Crippen molar-refractivity contribution in [3.05, 3.63) is 77.4 Å². The molecule has 142 valence electrons. The maximum Gasteiger partial charge on any atom is 0.349 e. The van der Waals surface area contributed by atoms with Crippen molar-refractivity contribution in [1.82, 2.24) is 0 Å². The zero-order valence-corrected chi connectivity index (χ0v) is 19.8. The molecule has 3 nitrogen and oxygen atoms in total. The third kappa shape index (κ3) is 6.73. The standard InChI is InChI=1S/C24H27NO2.Zn/c1-3-5-12-19(4-2)18-27-24(26)22(17-25)23(20-13-8-6-9-14-20)21-15-10-7-11-16-21;/h6-11,13-16,19H,3-5,12,18H2,1-2H3;. The van der Waals surface area contributed by atoms with Crippen LogP contribution in [0.4, 0.5) is 0 Å². The first kappa shape index (κ1) is 23.8. The van der Waals surface area contributed by atoms with Gasteiger partial charge in [0.15, 0.2) is 0 Å². The van der Waals surface area contributed by atoms with Gasteiger partial charge in [-0.2, -0.15) is 5.26 Å². The third-order valence-corrected chi connectivity index (χ3v) is 4.68. The number of hydrogen-bond donors (Lipinski definition) is 0. The average molecular weight is 427 g/mol. The normalized spacial score (nSPS) is 10.9. The van der Waals surface area contributed by atoms with E-state index >= 15 is 0 Å². The molecule has 0 aliphatic rings. The number of nitrogens with zero attached hydrogens (tertiary/aromatic N) is 1. The summed E-state index contributed by atoms with van der Waals surface area (Å²) in [7, 11) is 0. The van der Waals surface area contributed by atoms with Gasteiger partial charge in [0.05, 0.1) is 6.61 Å². The Morgan fingerprint density at radius 2 is 1.54 bits per heavy atom. The van der Waals surface area contributed by atoms with Crippen molar-refractivity contribution in [1.29, 1.82) is 5.26 Å². The van der Waals surface area contributed by atoms with Crippen molar-refractivity contribution >= 4 is 11.5 Å². The smallest absolute Gasteiger partial charge is 0.349 e. The molecule has 2 rings (SSSR count).